The lowest BCUT2D eigenvalue weighted by molar-refractivity contribution is 0.513. The van der Waals surface area contributed by atoms with Crippen LogP contribution >= 0.6 is 0 Å². The number of sulfonamides is 1. The molecule has 1 aromatic heterocycles. The van der Waals surface area contributed by atoms with Crippen LogP contribution in [0, 0.1) is 0 Å². The molecule has 2 rings (SSSR count). The molecule has 6 heteroatoms. The van der Waals surface area contributed by atoms with Gasteiger partial charge >= 0.3 is 0 Å². The monoisotopic (exact) mass is 294 g/mol. The zero-order chi connectivity index (χ0) is 14.4. The largest absolute Gasteiger partial charge is 0.469 e. The second-order valence-electron chi connectivity index (χ2n) is 4.25. The molecule has 2 N–H and O–H groups in total. The van der Waals surface area contributed by atoms with Crippen LogP contribution in [-0.2, 0) is 16.4 Å². The van der Waals surface area contributed by atoms with Crippen LogP contribution in [0.25, 0.3) is 0 Å². The third-order valence-electron chi connectivity index (χ3n) is 2.78. The van der Waals surface area contributed by atoms with Crippen LogP contribution in [0.3, 0.4) is 0 Å². The molecule has 2 aromatic rings. The number of anilines is 1. The molecule has 0 radical (unpaired) electrons. The Labute approximate surface area is 119 Å². The summed E-state index contributed by atoms with van der Waals surface area (Å²) in [5.41, 5.74) is 0.597. The highest BCUT2D eigenvalue weighted by atomic mass is 32.2. The van der Waals surface area contributed by atoms with E-state index in [2.05, 4.69) is 10.0 Å². The first-order chi connectivity index (χ1) is 9.63. The first kappa shape index (κ1) is 14.6. The first-order valence-electron chi connectivity index (χ1n) is 6.48. The number of rotatable bonds is 7. The van der Waals surface area contributed by atoms with Gasteiger partial charge in [0.05, 0.1) is 12.0 Å². The molecule has 0 aliphatic heterocycles. The Hall–Kier alpha value is -1.79. The van der Waals surface area contributed by atoms with E-state index in [0.29, 0.717) is 25.2 Å². The zero-order valence-electron chi connectivity index (χ0n) is 11.3. The molecule has 0 amide bonds. The Morgan fingerprint density at radius 2 is 1.95 bits per heavy atom. The van der Waals surface area contributed by atoms with Gasteiger partial charge in [0.25, 0.3) is 0 Å². The van der Waals surface area contributed by atoms with Crippen LogP contribution < -0.4 is 10.0 Å². The molecule has 20 heavy (non-hydrogen) atoms. The third kappa shape index (κ3) is 3.61. The van der Waals surface area contributed by atoms with Crippen LogP contribution in [0.2, 0.25) is 0 Å². The predicted molar refractivity (Wildman–Crippen MR) is 78.2 cm³/mol. The van der Waals surface area contributed by atoms with E-state index in [1.54, 1.807) is 37.5 Å². The summed E-state index contributed by atoms with van der Waals surface area (Å²) >= 11 is 0. The van der Waals surface area contributed by atoms with Crippen LogP contribution in [0.1, 0.15) is 12.7 Å². The second kappa shape index (κ2) is 6.58. The second-order valence-corrected chi connectivity index (χ2v) is 5.99. The zero-order valence-corrected chi connectivity index (χ0v) is 12.1. The molecule has 0 saturated carbocycles. The molecule has 0 unspecified atom stereocenters. The van der Waals surface area contributed by atoms with Gasteiger partial charge in [-0.15, -0.1) is 0 Å². The molecule has 0 aliphatic carbocycles. The lowest BCUT2D eigenvalue weighted by Gasteiger charge is -2.12. The van der Waals surface area contributed by atoms with Crippen molar-refractivity contribution in [3.05, 3.63) is 48.4 Å². The van der Waals surface area contributed by atoms with Gasteiger partial charge < -0.3 is 9.73 Å². The molecular formula is C14H18N2O3S. The fourth-order valence-electron chi connectivity index (χ4n) is 1.89. The molecule has 0 fully saturated rings. The van der Waals surface area contributed by atoms with E-state index in [0.717, 1.165) is 5.76 Å². The van der Waals surface area contributed by atoms with Crippen molar-refractivity contribution in [1.82, 2.24) is 4.72 Å². The molecule has 0 aliphatic rings. The first-order valence-corrected chi connectivity index (χ1v) is 7.97. The van der Waals surface area contributed by atoms with Crippen LogP contribution in [0.4, 0.5) is 5.69 Å². The minimum Gasteiger partial charge on any atom is -0.469 e. The quantitative estimate of drug-likeness (QED) is 0.821. The van der Waals surface area contributed by atoms with E-state index in [4.69, 9.17) is 4.42 Å². The minimum atomic E-state index is -3.46. The number of furan rings is 1. The van der Waals surface area contributed by atoms with Gasteiger partial charge in [0.1, 0.15) is 10.7 Å². The van der Waals surface area contributed by atoms with Crippen LogP contribution in [-0.4, -0.2) is 21.5 Å². The predicted octanol–water partition coefficient (Wildman–Crippen LogP) is 2.23. The molecule has 0 saturated heterocycles. The number of hydrogen-bond acceptors (Lipinski definition) is 4. The van der Waals surface area contributed by atoms with E-state index in [1.165, 1.54) is 0 Å². The van der Waals surface area contributed by atoms with Crippen molar-refractivity contribution < 1.29 is 12.8 Å². The van der Waals surface area contributed by atoms with E-state index in [-0.39, 0.29) is 4.90 Å². The average molecular weight is 294 g/mol. The summed E-state index contributed by atoms with van der Waals surface area (Å²) < 4.78 is 31.9. The van der Waals surface area contributed by atoms with Crippen molar-refractivity contribution >= 4 is 15.7 Å². The Balaban J connectivity index is 2.08. The number of nitrogens with one attached hydrogen (secondary N) is 2. The van der Waals surface area contributed by atoms with Crippen LogP contribution in [0.15, 0.2) is 52.0 Å². The summed E-state index contributed by atoms with van der Waals surface area (Å²) in [6.07, 6.45) is 2.32. The van der Waals surface area contributed by atoms with E-state index in [1.807, 2.05) is 12.1 Å². The standard InChI is InChI=1S/C14H18N2O3S/c1-2-16-20(17,18)14-8-4-3-7-13(14)15-10-9-12-6-5-11-19-12/h3-8,11,15-16H,2,9-10H2,1H3. The minimum absolute atomic E-state index is 0.265. The van der Waals surface area contributed by atoms with Crippen molar-refractivity contribution in [3.63, 3.8) is 0 Å². The fourth-order valence-corrected chi connectivity index (χ4v) is 3.11. The maximum absolute atomic E-state index is 12.1. The summed E-state index contributed by atoms with van der Waals surface area (Å²) in [6.45, 7) is 2.72. The molecule has 1 heterocycles. The fraction of sp³-hybridized carbons (Fsp3) is 0.286. The molecule has 0 atom stereocenters. The van der Waals surface area contributed by atoms with Crippen molar-refractivity contribution in [2.75, 3.05) is 18.4 Å². The van der Waals surface area contributed by atoms with E-state index in [9.17, 15) is 8.42 Å². The highest BCUT2D eigenvalue weighted by Gasteiger charge is 2.16. The van der Waals surface area contributed by atoms with Gasteiger partial charge in [0.15, 0.2) is 0 Å². The molecule has 0 bridgehead atoms. The summed E-state index contributed by atoms with van der Waals surface area (Å²) in [5.74, 6) is 0.865. The van der Waals surface area contributed by atoms with E-state index < -0.39 is 10.0 Å². The molecule has 0 spiro atoms. The normalized spacial score (nSPS) is 11.4. The number of hydrogen-bond donors (Lipinski definition) is 2. The molecule has 5 nitrogen and oxygen atoms in total. The van der Waals surface area contributed by atoms with Crippen LogP contribution in [0.5, 0.6) is 0 Å². The van der Waals surface area contributed by atoms with Crippen molar-refractivity contribution in [2.24, 2.45) is 0 Å². The maximum Gasteiger partial charge on any atom is 0.242 e. The topological polar surface area (TPSA) is 71.3 Å². The smallest absolute Gasteiger partial charge is 0.242 e. The van der Waals surface area contributed by atoms with Crippen molar-refractivity contribution in [1.29, 1.82) is 0 Å². The highest BCUT2D eigenvalue weighted by Crippen LogP contribution is 2.20. The maximum atomic E-state index is 12.1. The highest BCUT2D eigenvalue weighted by molar-refractivity contribution is 7.89. The van der Waals surface area contributed by atoms with Crippen molar-refractivity contribution in [3.8, 4) is 0 Å². The van der Waals surface area contributed by atoms with Gasteiger partial charge in [-0.05, 0) is 24.3 Å². The van der Waals surface area contributed by atoms with Gasteiger partial charge in [-0.3, -0.25) is 0 Å². The number of para-hydroxylation sites is 1. The summed E-state index contributed by atoms with van der Waals surface area (Å²) in [6, 6.07) is 10.6. The van der Waals surface area contributed by atoms with Gasteiger partial charge in [-0.2, -0.15) is 0 Å². The summed E-state index contributed by atoms with van der Waals surface area (Å²) in [5, 5.41) is 3.14. The SMILES string of the molecule is CCNS(=O)(=O)c1ccccc1NCCc1ccco1. The molecule has 1 aromatic carbocycles. The van der Waals surface area contributed by atoms with Gasteiger partial charge in [-0.1, -0.05) is 19.1 Å². The number of benzene rings is 1. The van der Waals surface area contributed by atoms with Gasteiger partial charge in [-0.25, -0.2) is 13.1 Å². The third-order valence-corrected chi connectivity index (χ3v) is 4.38. The Bertz CT molecular complexity index is 636. The molecule has 108 valence electrons. The Morgan fingerprint density at radius 1 is 1.15 bits per heavy atom. The van der Waals surface area contributed by atoms with Gasteiger partial charge in [0.2, 0.25) is 10.0 Å². The Kier molecular flexibility index (Phi) is 4.81. The van der Waals surface area contributed by atoms with Crippen molar-refractivity contribution in [2.45, 2.75) is 18.2 Å². The summed E-state index contributed by atoms with van der Waals surface area (Å²) in [4.78, 5) is 0.265. The summed E-state index contributed by atoms with van der Waals surface area (Å²) in [7, 11) is -3.46. The van der Waals surface area contributed by atoms with Gasteiger partial charge in [0, 0.05) is 19.5 Å². The average Bonchev–Trinajstić information content (AvgIpc) is 2.92. The lowest BCUT2D eigenvalue weighted by atomic mass is 10.3. The molecular weight excluding hydrogens is 276 g/mol. The lowest BCUT2D eigenvalue weighted by Crippen LogP contribution is -2.24. The Morgan fingerprint density at radius 3 is 2.65 bits per heavy atom. The van der Waals surface area contributed by atoms with E-state index >= 15 is 0 Å².